The van der Waals surface area contributed by atoms with Gasteiger partial charge in [0.15, 0.2) is 0 Å². The normalized spacial score (nSPS) is 11.6. The molecule has 4 nitrogen and oxygen atoms in total. The first-order valence-electron chi connectivity index (χ1n) is 6.38. The van der Waals surface area contributed by atoms with Gasteiger partial charge in [-0.05, 0) is 45.1 Å². The lowest BCUT2D eigenvalue weighted by molar-refractivity contribution is -0.107. The molecule has 0 unspecified atom stereocenters. The van der Waals surface area contributed by atoms with Crippen LogP contribution in [-0.4, -0.2) is 38.6 Å². The second kappa shape index (κ2) is 7.05. The fourth-order valence-electron chi connectivity index (χ4n) is 0.925. The Bertz CT molecular complexity index is 349. The van der Waals surface area contributed by atoms with E-state index in [1.54, 1.807) is 39.8 Å². The van der Waals surface area contributed by atoms with Crippen molar-refractivity contribution in [3.63, 3.8) is 0 Å². The summed E-state index contributed by atoms with van der Waals surface area (Å²) in [5.41, 5.74) is -0.267. The maximum absolute atomic E-state index is 9.10. The highest BCUT2D eigenvalue weighted by atomic mass is 16.4. The van der Waals surface area contributed by atoms with Crippen LogP contribution in [0.15, 0.2) is 24.3 Å². The van der Waals surface area contributed by atoms with Gasteiger partial charge in [0.1, 0.15) is 0 Å². The molecule has 0 amide bonds. The topological polar surface area (TPSA) is 80.9 Å². The van der Waals surface area contributed by atoms with E-state index in [1.807, 2.05) is 12.1 Å². The molecule has 1 rings (SSSR count). The van der Waals surface area contributed by atoms with E-state index in [9.17, 15) is 0 Å². The number of benzene rings is 1. The molecule has 0 aliphatic rings. The number of aryl methyl sites for hydroxylation is 1. The molecule has 5 heteroatoms. The third-order valence-corrected chi connectivity index (χ3v) is 3.18. The predicted molar refractivity (Wildman–Crippen MR) is 78.2 cm³/mol. The first-order valence-corrected chi connectivity index (χ1v) is 6.38. The van der Waals surface area contributed by atoms with Crippen LogP contribution in [-0.2, 0) is 6.42 Å². The maximum atomic E-state index is 9.10. The molecular formula is C14H25BO4. The number of hydrogen-bond donors (Lipinski definition) is 4. The summed E-state index contributed by atoms with van der Waals surface area (Å²) in [6.45, 7) is 8.37. The fourth-order valence-corrected chi connectivity index (χ4v) is 0.925. The summed E-state index contributed by atoms with van der Waals surface area (Å²) in [7, 11) is -1.35. The zero-order chi connectivity index (χ0) is 15.3. The van der Waals surface area contributed by atoms with Crippen LogP contribution in [0.4, 0.5) is 0 Å². The average Bonchev–Trinajstić information content (AvgIpc) is 2.27. The summed E-state index contributed by atoms with van der Waals surface area (Å²) in [5, 5.41) is 35.7. The van der Waals surface area contributed by atoms with Crippen LogP contribution in [0.1, 0.15) is 40.2 Å². The van der Waals surface area contributed by atoms with Crippen molar-refractivity contribution in [1.82, 2.24) is 0 Å². The summed E-state index contributed by atoms with van der Waals surface area (Å²) in [6, 6.07) is 7.25. The third kappa shape index (κ3) is 6.73. The van der Waals surface area contributed by atoms with Gasteiger partial charge in [-0.25, -0.2) is 0 Å². The van der Waals surface area contributed by atoms with Gasteiger partial charge in [-0.3, -0.25) is 0 Å². The molecule has 108 valence electrons. The van der Waals surface area contributed by atoms with Crippen molar-refractivity contribution >= 4 is 12.6 Å². The van der Waals surface area contributed by atoms with E-state index >= 15 is 0 Å². The van der Waals surface area contributed by atoms with Gasteiger partial charge in [-0.1, -0.05) is 31.2 Å². The van der Waals surface area contributed by atoms with Crippen molar-refractivity contribution in [1.29, 1.82) is 0 Å². The Morgan fingerprint density at radius 3 is 1.47 bits per heavy atom. The molecule has 0 saturated heterocycles. The summed E-state index contributed by atoms with van der Waals surface area (Å²) in [6.07, 6.45) is 0.974. The van der Waals surface area contributed by atoms with Crippen molar-refractivity contribution in [2.24, 2.45) is 0 Å². The molecule has 0 saturated carbocycles. The second-order valence-corrected chi connectivity index (χ2v) is 5.59. The molecule has 19 heavy (non-hydrogen) atoms. The molecule has 0 aliphatic heterocycles. The van der Waals surface area contributed by atoms with Gasteiger partial charge >= 0.3 is 7.12 Å². The van der Waals surface area contributed by atoms with Gasteiger partial charge in [0.2, 0.25) is 0 Å². The summed E-state index contributed by atoms with van der Waals surface area (Å²) < 4.78 is 0. The second-order valence-electron chi connectivity index (χ2n) is 5.59. The zero-order valence-corrected chi connectivity index (χ0v) is 12.4. The molecule has 1 aromatic rings. The van der Waals surface area contributed by atoms with Gasteiger partial charge in [-0.15, -0.1) is 0 Å². The Hall–Kier alpha value is -0.875. The Morgan fingerprint density at radius 1 is 0.895 bits per heavy atom. The van der Waals surface area contributed by atoms with E-state index < -0.39 is 18.3 Å². The third-order valence-electron chi connectivity index (χ3n) is 3.18. The van der Waals surface area contributed by atoms with Crippen LogP contribution in [0.25, 0.3) is 0 Å². The molecule has 0 radical (unpaired) electrons. The molecule has 4 N–H and O–H groups in total. The Morgan fingerprint density at radius 2 is 1.26 bits per heavy atom. The largest absolute Gasteiger partial charge is 0.488 e. The van der Waals surface area contributed by atoms with Gasteiger partial charge in [0.25, 0.3) is 0 Å². The standard InChI is InChI=1S/C8H11BO2.C6H14O2/c1-2-7-3-5-8(6-4-7)9(10)11;1-5(2,7)6(3,4)8/h3-6,10-11H,2H2,1H3;7-8H,1-4H3. The van der Waals surface area contributed by atoms with Gasteiger partial charge in [0.05, 0.1) is 11.2 Å². The summed E-state index contributed by atoms with van der Waals surface area (Å²) in [5.74, 6) is 0. The first-order chi connectivity index (χ1) is 8.49. The number of rotatable bonds is 3. The quantitative estimate of drug-likeness (QED) is 0.600. The van der Waals surface area contributed by atoms with Gasteiger partial charge < -0.3 is 20.3 Å². The molecule has 0 bridgehead atoms. The molecule has 0 heterocycles. The highest BCUT2D eigenvalue weighted by molar-refractivity contribution is 6.58. The van der Waals surface area contributed by atoms with Gasteiger partial charge in [-0.2, -0.15) is 0 Å². The van der Waals surface area contributed by atoms with E-state index in [-0.39, 0.29) is 0 Å². The van der Waals surface area contributed by atoms with Crippen molar-refractivity contribution in [3.8, 4) is 0 Å². The van der Waals surface area contributed by atoms with E-state index in [1.165, 1.54) is 5.56 Å². The predicted octanol–water partition coefficient (Wildman–Crippen LogP) is 0.457. The van der Waals surface area contributed by atoms with Crippen LogP contribution >= 0.6 is 0 Å². The van der Waals surface area contributed by atoms with Crippen molar-refractivity contribution in [2.45, 2.75) is 52.2 Å². The zero-order valence-electron chi connectivity index (χ0n) is 12.4. The van der Waals surface area contributed by atoms with Crippen LogP contribution in [0.3, 0.4) is 0 Å². The van der Waals surface area contributed by atoms with Crippen LogP contribution < -0.4 is 5.46 Å². The number of aliphatic hydroxyl groups is 2. The lowest BCUT2D eigenvalue weighted by Gasteiger charge is -2.31. The van der Waals surface area contributed by atoms with E-state index in [0.717, 1.165) is 6.42 Å². The minimum absolute atomic E-state index is 0.544. The van der Waals surface area contributed by atoms with E-state index in [4.69, 9.17) is 20.3 Å². The van der Waals surface area contributed by atoms with Crippen molar-refractivity contribution < 1.29 is 20.3 Å². The van der Waals surface area contributed by atoms with Crippen LogP contribution in [0.5, 0.6) is 0 Å². The van der Waals surface area contributed by atoms with Crippen molar-refractivity contribution in [3.05, 3.63) is 29.8 Å². The highest BCUT2D eigenvalue weighted by Crippen LogP contribution is 2.19. The fraction of sp³-hybridized carbons (Fsp3) is 0.571. The van der Waals surface area contributed by atoms with Crippen LogP contribution in [0, 0.1) is 0 Å². The Kier molecular flexibility index (Phi) is 6.73. The smallest absolute Gasteiger partial charge is 0.423 e. The Balaban J connectivity index is 0.000000362. The summed E-state index contributed by atoms with van der Waals surface area (Å²) >= 11 is 0. The SMILES string of the molecule is CC(C)(O)C(C)(C)O.CCc1ccc(B(O)O)cc1. The van der Waals surface area contributed by atoms with Gasteiger partial charge in [0, 0.05) is 0 Å². The molecule has 1 aromatic carbocycles. The molecule has 0 aliphatic carbocycles. The maximum Gasteiger partial charge on any atom is 0.488 e. The molecule has 0 atom stereocenters. The average molecular weight is 268 g/mol. The van der Waals surface area contributed by atoms with E-state index in [0.29, 0.717) is 5.46 Å². The lowest BCUT2D eigenvalue weighted by Crippen LogP contribution is -2.44. The molecule has 0 spiro atoms. The minimum Gasteiger partial charge on any atom is -0.423 e. The van der Waals surface area contributed by atoms with E-state index in [2.05, 4.69) is 6.92 Å². The first kappa shape index (κ1) is 18.1. The highest BCUT2D eigenvalue weighted by Gasteiger charge is 2.31. The molecule has 0 aromatic heterocycles. The van der Waals surface area contributed by atoms with Crippen molar-refractivity contribution in [2.75, 3.05) is 0 Å². The summed E-state index contributed by atoms with van der Waals surface area (Å²) in [4.78, 5) is 0. The Labute approximate surface area is 115 Å². The van der Waals surface area contributed by atoms with Crippen LogP contribution in [0.2, 0.25) is 0 Å². The minimum atomic E-state index is -1.35. The molecular weight excluding hydrogens is 243 g/mol. The monoisotopic (exact) mass is 268 g/mol. The lowest BCUT2D eigenvalue weighted by atomic mass is 9.80. The molecule has 0 fully saturated rings. The number of hydrogen-bond acceptors (Lipinski definition) is 4.